The summed E-state index contributed by atoms with van der Waals surface area (Å²) in [4.78, 5) is 6.80. The maximum absolute atomic E-state index is 4.38. The molecule has 0 amide bonds. The molecular weight excluding hydrogens is 234 g/mol. The van der Waals surface area contributed by atoms with Gasteiger partial charge in [0.05, 0.1) is 0 Å². The van der Waals surface area contributed by atoms with Gasteiger partial charge in [0.2, 0.25) is 0 Å². The van der Waals surface area contributed by atoms with Crippen LogP contribution in [-0.4, -0.2) is 43.1 Å². The van der Waals surface area contributed by atoms with E-state index in [0.29, 0.717) is 5.41 Å². The molecule has 1 rings (SSSR count). The van der Waals surface area contributed by atoms with Crippen molar-refractivity contribution in [2.75, 3.05) is 33.2 Å². The molecule has 0 aliphatic carbocycles. The molecule has 0 spiro atoms. The van der Waals surface area contributed by atoms with Gasteiger partial charge in [0, 0.05) is 37.9 Å². The highest BCUT2D eigenvalue weighted by atomic mass is 15.1. The Morgan fingerprint density at radius 3 is 2.68 bits per heavy atom. The van der Waals surface area contributed by atoms with Crippen LogP contribution in [0.25, 0.3) is 0 Å². The molecule has 0 aliphatic rings. The quantitative estimate of drug-likeness (QED) is 0.742. The third-order valence-electron chi connectivity index (χ3n) is 3.78. The molecule has 108 valence electrons. The van der Waals surface area contributed by atoms with E-state index in [0.717, 1.165) is 32.6 Å². The molecule has 1 atom stereocenters. The number of likely N-dealkylation sites (N-methyl/N-ethyl adjacent to an activating group) is 1. The van der Waals surface area contributed by atoms with Crippen molar-refractivity contribution in [2.24, 2.45) is 5.41 Å². The smallest absolute Gasteiger partial charge is 0.0416 e. The van der Waals surface area contributed by atoms with E-state index in [1.54, 1.807) is 0 Å². The molecule has 1 N–H and O–H groups in total. The lowest BCUT2D eigenvalue weighted by atomic mass is 9.87. The van der Waals surface area contributed by atoms with Crippen LogP contribution in [-0.2, 0) is 6.42 Å². The van der Waals surface area contributed by atoms with Crippen molar-refractivity contribution in [3.8, 4) is 0 Å². The molecule has 0 aliphatic heterocycles. The standard InChI is InChI=1S/C16H29N3/c1-5-16(3,13-17-6-2)14-19(4)12-10-15-9-7-8-11-18-15/h7-9,11,17H,5-6,10,12-14H2,1-4H3. The summed E-state index contributed by atoms with van der Waals surface area (Å²) in [5.74, 6) is 0. The molecule has 0 saturated heterocycles. The Labute approximate surface area is 118 Å². The Hall–Kier alpha value is -0.930. The van der Waals surface area contributed by atoms with E-state index < -0.39 is 0 Å². The number of hydrogen-bond donors (Lipinski definition) is 1. The second-order valence-corrected chi connectivity index (χ2v) is 5.75. The highest BCUT2D eigenvalue weighted by Gasteiger charge is 2.23. The van der Waals surface area contributed by atoms with Gasteiger partial charge >= 0.3 is 0 Å². The number of nitrogens with one attached hydrogen (secondary N) is 1. The number of rotatable bonds is 9. The zero-order valence-electron chi connectivity index (χ0n) is 12.9. The first-order valence-electron chi connectivity index (χ1n) is 7.39. The average Bonchev–Trinajstić information content (AvgIpc) is 2.44. The summed E-state index contributed by atoms with van der Waals surface area (Å²) in [6.07, 6.45) is 4.10. The van der Waals surface area contributed by atoms with Gasteiger partial charge in [-0.1, -0.05) is 26.8 Å². The van der Waals surface area contributed by atoms with E-state index >= 15 is 0 Å². The molecule has 3 nitrogen and oxygen atoms in total. The summed E-state index contributed by atoms with van der Waals surface area (Å²) in [5.41, 5.74) is 1.54. The number of pyridine rings is 1. The van der Waals surface area contributed by atoms with Crippen LogP contribution in [0.2, 0.25) is 0 Å². The van der Waals surface area contributed by atoms with E-state index in [-0.39, 0.29) is 0 Å². The molecule has 0 fully saturated rings. The number of nitrogens with zero attached hydrogens (tertiary/aromatic N) is 2. The van der Waals surface area contributed by atoms with E-state index in [1.165, 1.54) is 12.1 Å². The van der Waals surface area contributed by atoms with Gasteiger partial charge in [-0.2, -0.15) is 0 Å². The highest BCUT2D eigenvalue weighted by Crippen LogP contribution is 2.21. The van der Waals surface area contributed by atoms with Gasteiger partial charge in [0.1, 0.15) is 0 Å². The first-order chi connectivity index (χ1) is 9.09. The van der Waals surface area contributed by atoms with Crippen LogP contribution in [0.4, 0.5) is 0 Å². The molecule has 1 aromatic heterocycles. The number of aromatic nitrogens is 1. The maximum atomic E-state index is 4.38. The van der Waals surface area contributed by atoms with Crippen molar-refractivity contribution in [2.45, 2.75) is 33.6 Å². The lowest BCUT2D eigenvalue weighted by Gasteiger charge is -2.33. The fourth-order valence-electron chi connectivity index (χ4n) is 2.30. The Balaban J connectivity index is 2.38. The van der Waals surface area contributed by atoms with Gasteiger partial charge < -0.3 is 10.2 Å². The third kappa shape index (κ3) is 6.17. The SMILES string of the molecule is CCNCC(C)(CC)CN(C)CCc1ccccn1. The summed E-state index contributed by atoms with van der Waals surface area (Å²) in [6.45, 7) is 11.2. The summed E-state index contributed by atoms with van der Waals surface area (Å²) in [5, 5.41) is 3.48. The summed E-state index contributed by atoms with van der Waals surface area (Å²) < 4.78 is 0. The molecule has 0 radical (unpaired) electrons. The van der Waals surface area contributed by atoms with Crippen molar-refractivity contribution in [3.05, 3.63) is 30.1 Å². The van der Waals surface area contributed by atoms with Gasteiger partial charge in [-0.15, -0.1) is 0 Å². The fraction of sp³-hybridized carbons (Fsp3) is 0.688. The van der Waals surface area contributed by atoms with Crippen LogP contribution in [0, 0.1) is 5.41 Å². The molecule has 0 bridgehead atoms. The highest BCUT2D eigenvalue weighted by molar-refractivity contribution is 5.03. The number of hydrogen-bond acceptors (Lipinski definition) is 3. The molecule has 1 aromatic rings. The van der Waals surface area contributed by atoms with Crippen molar-refractivity contribution >= 4 is 0 Å². The molecule has 3 heteroatoms. The average molecular weight is 263 g/mol. The van der Waals surface area contributed by atoms with Gasteiger partial charge in [-0.25, -0.2) is 0 Å². The lowest BCUT2D eigenvalue weighted by Crippen LogP contribution is -2.41. The maximum Gasteiger partial charge on any atom is 0.0416 e. The van der Waals surface area contributed by atoms with Crippen LogP contribution in [0.1, 0.15) is 32.9 Å². The van der Waals surface area contributed by atoms with Crippen molar-refractivity contribution in [3.63, 3.8) is 0 Å². The molecule has 1 unspecified atom stereocenters. The van der Waals surface area contributed by atoms with E-state index in [1.807, 2.05) is 12.3 Å². The minimum atomic E-state index is 0.356. The first kappa shape index (κ1) is 16.1. The molecule has 19 heavy (non-hydrogen) atoms. The second-order valence-electron chi connectivity index (χ2n) is 5.75. The minimum Gasteiger partial charge on any atom is -0.316 e. The second kappa shape index (κ2) is 8.28. The predicted molar refractivity (Wildman–Crippen MR) is 82.4 cm³/mol. The topological polar surface area (TPSA) is 28.2 Å². The van der Waals surface area contributed by atoms with Crippen LogP contribution >= 0.6 is 0 Å². The zero-order valence-corrected chi connectivity index (χ0v) is 12.9. The van der Waals surface area contributed by atoms with E-state index in [4.69, 9.17) is 0 Å². The van der Waals surface area contributed by atoms with Crippen LogP contribution in [0.3, 0.4) is 0 Å². The van der Waals surface area contributed by atoms with Crippen LogP contribution in [0.5, 0.6) is 0 Å². The first-order valence-corrected chi connectivity index (χ1v) is 7.39. The largest absolute Gasteiger partial charge is 0.316 e. The van der Waals surface area contributed by atoms with E-state index in [2.05, 4.69) is 55.2 Å². The van der Waals surface area contributed by atoms with Crippen molar-refractivity contribution in [1.29, 1.82) is 0 Å². The fourth-order valence-corrected chi connectivity index (χ4v) is 2.30. The minimum absolute atomic E-state index is 0.356. The molecule has 0 saturated carbocycles. The van der Waals surface area contributed by atoms with Gasteiger partial charge in [-0.05, 0) is 37.6 Å². The Morgan fingerprint density at radius 2 is 2.11 bits per heavy atom. The Morgan fingerprint density at radius 1 is 1.32 bits per heavy atom. The molecular formula is C16H29N3. The lowest BCUT2D eigenvalue weighted by molar-refractivity contribution is 0.182. The van der Waals surface area contributed by atoms with Crippen LogP contribution in [0.15, 0.2) is 24.4 Å². The zero-order chi connectivity index (χ0) is 14.1. The van der Waals surface area contributed by atoms with Gasteiger partial charge in [0.15, 0.2) is 0 Å². The van der Waals surface area contributed by atoms with Crippen molar-refractivity contribution < 1.29 is 0 Å². The molecule has 0 aromatic carbocycles. The summed E-state index contributed by atoms with van der Waals surface area (Å²) >= 11 is 0. The van der Waals surface area contributed by atoms with Gasteiger partial charge in [-0.3, -0.25) is 4.98 Å². The van der Waals surface area contributed by atoms with Crippen LogP contribution < -0.4 is 5.32 Å². The van der Waals surface area contributed by atoms with Gasteiger partial charge in [0.25, 0.3) is 0 Å². The predicted octanol–water partition coefficient (Wildman–Crippen LogP) is 2.58. The monoisotopic (exact) mass is 263 g/mol. The summed E-state index contributed by atoms with van der Waals surface area (Å²) in [7, 11) is 2.21. The normalized spacial score (nSPS) is 14.6. The Bertz CT molecular complexity index is 339. The van der Waals surface area contributed by atoms with E-state index in [9.17, 15) is 0 Å². The third-order valence-corrected chi connectivity index (χ3v) is 3.78. The Kier molecular flexibility index (Phi) is 7.03. The summed E-state index contributed by atoms with van der Waals surface area (Å²) in [6, 6.07) is 6.13. The molecule has 1 heterocycles. The van der Waals surface area contributed by atoms with Crippen molar-refractivity contribution in [1.82, 2.24) is 15.2 Å².